The minimum Gasteiger partial charge on any atom is -0.199 e. The first-order valence-electron chi connectivity index (χ1n) is 9.88. The molecule has 0 atom stereocenters. The molecule has 24 heavy (non-hydrogen) atoms. The summed E-state index contributed by atoms with van der Waals surface area (Å²) in [7, 11) is 1.90. The van der Waals surface area contributed by atoms with Crippen molar-refractivity contribution in [3.63, 3.8) is 0 Å². The number of rotatable bonds is 1. The van der Waals surface area contributed by atoms with E-state index >= 15 is 0 Å². The van der Waals surface area contributed by atoms with Crippen LogP contribution in [0.15, 0.2) is 54.5 Å². The summed E-state index contributed by atoms with van der Waals surface area (Å²) in [5, 5.41) is 0. The van der Waals surface area contributed by atoms with Crippen LogP contribution in [0.3, 0.4) is 0 Å². The van der Waals surface area contributed by atoms with Gasteiger partial charge in [-0.15, -0.1) is 0 Å². The van der Waals surface area contributed by atoms with Crippen molar-refractivity contribution in [3.8, 4) is 22.4 Å². The van der Waals surface area contributed by atoms with Crippen LogP contribution >= 0.6 is 0 Å². The van der Waals surface area contributed by atoms with Crippen molar-refractivity contribution in [1.29, 1.82) is 0 Å². The van der Waals surface area contributed by atoms with E-state index in [9.17, 15) is 0 Å². The minimum absolute atomic E-state index is 0.00841. The predicted molar refractivity (Wildman–Crippen MR) is 100 cm³/mol. The standard InChI is InChI=1S/C23H24N/c1-15-13-14-18-17-10-6-7-11-19(17)23(3,4)22(18)21(15)20-12-8-9-16(2)24(20)5/h6-14H,1-5H3/q+1/i8D,9D,12D. The van der Waals surface area contributed by atoms with Crippen molar-refractivity contribution in [2.75, 3.05) is 0 Å². The van der Waals surface area contributed by atoms with Crippen molar-refractivity contribution in [2.24, 2.45) is 7.05 Å². The highest BCUT2D eigenvalue weighted by Crippen LogP contribution is 2.52. The summed E-state index contributed by atoms with van der Waals surface area (Å²) in [4.78, 5) is 0. The third kappa shape index (κ3) is 1.91. The Bertz CT molecular complexity index is 1080. The molecule has 0 radical (unpaired) electrons. The van der Waals surface area contributed by atoms with Gasteiger partial charge in [0.1, 0.15) is 7.05 Å². The number of fused-ring (bicyclic) bond motifs is 3. The van der Waals surface area contributed by atoms with Gasteiger partial charge >= 0.3 is 0 Å². The Labute approximate surface area is 148 Å². The Kier molecular flexibility index (Phi) is 2.53. The maximum absolute atomic E-state index is 8.63. The quantitative estimate of drug-likeness (QED) is 0.550. The molecule has 3 aromatic rings. The SMILES string of the molecule is [2H]c1c([2H])c(C)[n+](C)c(-c2c(C)ccc3c2C(C)(C)c2ccccc2-3)c1[2H]. The molecule has 0 saturated carbocycles. The summed E-state index contributed by atoms with van der Waals surface area (Å²) in [5.41, 5.74) is 8.31. The van der Waals surface area contributed by atoms with Gasteiger partial charge in [0, 0.05) is 24.4 Å². The third-order valence-electron chi connectivity index (χ3n) is 5.43. The molecule has 1 nitrogen and oxygen atoms in total. The molecule has 0 amide bonds. The van der Waals surface area contributed by atoms with E-state index in [2.05, 4.69) is 57.2 Å². The van der Waals surface area contributed by atoms with Gasteiger partial charge in [0.05, 0.1) is 9.68 Å². The van der Waals surface area contributed by atoms with E-state index in [1.807, 2.05) is 18.5 Å². The molecule has 0 aliphatic heterocycles. The molecule has 120 valence electrons. The van der Waals surface area contributed by atoms with Crippen molar-refractivity contribution in [2.45, 2.75) is 33.1 Å². The number of benzene rings is 2. The van der Waals surface area contributed by atoms with Crippen LogP contribution in [0.25, 0.3) is 22.4 Å². The van der Waals surface area contributed by atoms with E-state index in [-0.39, 0.29) is 23.5 Å². The van der Waals surface area contributed by atoms with Crippen molar-refractivity contribution < 1.29 is 8.68 Å². The first-order chi connectivity index (χ1) is 12.7. The van der Waals surface area contributed by atoms with E-state index in [1.54, 1.807) is 0 Å². The van der Waals surface area contributed by atoms with Crippen LogP contribution in [0.1, 0.15) is 40.3 Å². The van der Waals surface area contributed by atoms with Crippen molar-refractivity contribution in [3.05, 3.63) is 76.9 Å². The highest BCUT2D eigenvalue weighted by molar-refractivity contribution is 5.88. The number of aryl methyl sites for hydroxylation is 1. The van der Waals surface area contributed by atoms with Gasteiger partial charge in [0.2, 0.25) is 5.69 Å². The Morgan fingerprint density at radius 3 is 2.50 bits per heavy atom. The van der Waals surface area contributed by atoms with Crippen LogP contribution in [0, 0.1) is 13.8 Å². The number of pyridine rings is 1. The highest BCUT2D eigenvalue weighted by Gasteiger charge is 2.39. The summed E-state index contributed by atoms with van der Waals surface area (Å²) in [6, 6.07) is 13.0. The van der Waals surface area contributed by atoms with E-state index < -0.39 is 0 Å². The van der Waals surface area contributed by atoms with Gasteiger partial charge in [0.15, 0.2) is 5.69 Å². The van der Waals surface area contributed by atoms with E-state index in [0.717, 1.165) is 16.8 Å². The number of hydrogen-bond acceptors (Lipinski definition) is 0. The maximum atomic E-state index is 8.63. The van der Waals surface area contributed by atoms with Crippen LogP contribution in [-0.2, 0) is 12.5 Å². The van der Waals surface area contributed by atoms with E-state index in [4.69, 9.17) is 4.11 Å². The van der Waals surface area contributed by atoms with Gasteiger partial charge in [-0.1, -0.05) is 50.2 Å². The Morgan fingerprint density at radius 1 is 0.958 bits per heavy atom. The summed E-state index contributed by atoms with van der Waals surface area (Å²) >= 11 is 0. The molecule has 4 rings (SSSR count). The molecule has 1 heteroatoms. The minimum atomic E-state index is -0.192. The largest absolute Gasteiger partial charge is 0.213 e. The lowest BCUT2D eigenvalue weighted by Gasteiger charge is -2.24. The Balaban J connectivity index is 2.17. The lowest BCUT2D eigenvalue weighted by molar-refractivity contribution is -0.666. The second kappa shape index (κ2) is 5.04. The summed E-state index contributed by atoms with van der Waals surface area (Å²) < 4.78 is 27.0. The highest BCUT2D eigenvalue weighted by atomic mass is 14.9. The van der Waals surface area contributed by atoms with Gasteiger partial charge in [-0.2, -0.15) is 4.57 Å². The molecule has 2 aromatic carbocycles. The molecule has 0 fully saturated rings. The molecular weight excluding hydrogens is 290 g/mol. The first-order valence-corrected chi connectivity index (χ1v) is 8.38. The smallest absolute Gasteiger partial charge is 0.199 e. The fraction of sp³-hybridized carbons (Fsp3) is 0.261. The second-order valence-corrected chi connectivity index (χ2v) is 7.22. The van der Waals surface area contributed by atoms with Crippen LogP contribution < -0.4 is 4.57 Å². The zero-order valence-corrected chi connectivity index (χ0v) is 14.9. The van der Waals surface area contributed by atoms with Gasteiger partial charge in [-0.25, -0.2) is 0 Å². The van der Waals surface area contributed by atoms with Gasteiger partial charge in [-0.3, -0.25) is 0 Å². The summed E-state index contributed by atoms with van der Waals surface area (Å²) in [5.74, 6) is 0. The molecule has 1 aromatic heterocycles. The number of hydrogen-bond donors (Lipinski definition) is 0. The molecule has 1 heterocycles. The zero-order chi connectivity index (χ0) is 19.7. The maximum Gasteiger partial charge on any atom is 0.213 e. The zero-order valence-electron chi connectivity index (χ0n) is 17.9. The summed E-state index contributed by atoms with van der Waals surface area (Å²) in [6.45, 7) is 8.39. The Hall–Kier alpha value is -2.41. The van der Waals surface area contributed by atoms with Gasteiger partial charge in [-0.05, 0) is 40.8 Å². The van der Waals surface area contributed by atoms with E-state index in [1.165, 1.54) is 22.3 Å². The van der Waals surface area contributed by atoms with Crippen molar-refractivity contribution in [1.82, 2.24) is 0 Å². The topological polar surface area (TPSA) is 3.88 Å². The molecule has 0 unspecified atom stereocenters. The predicted octanol–water partition coefficient (Wildman–Crippen LogP) is 5.10. The fourth-order valence-electron chi connectivity index (χ4n) is 4.03. The molecule has 1 aliphatic carbocycles. The number of nitrogens with zero attached hydrogens (tertiary/aromatic N) is 1. The number of aromatic nitrogens is 1. The van der Waals surface area contributed by atoms with E-state index in [0.29, 0.717) is 5.69 Å². The Morgan fingerprint density at radius 2 is 1.71 bits per heavy atom. The monoisotopic (exact) mass is 317 g/mol. The van der Waals surface area contributed by atoms with Gasteiger partial charge in [0.25, 0.3) is 0 Å². The first kappa shape index (κ1) is 12.0. The van der Waals surface area contributed by atoms with Crippen LogP contribution in [0.2, 0.25) is 0 Å². The summed E-state index contributed by atoms with van der Waals surface area (Å²) in [6.07, 6.45) is 0. The molecule has 0 spiro atoms. The van der Waals surface area contributed by atoms with Gasteiger partial charge < -0.3 is 0 Å². The average molecular weight is 317 g/mol. The molecule has 0 bridgehead atoms. The normalized spacial score (nSPS) is 16.1. The van der Waals surface area contributed by atoms with Crippen LogP contribution in [0.5, 0.6) is 0 Å². The molecular formula is C23H24N+. The lowest BCUT2D eigenvalue weighted by atomic mass is 9.78. The van der Waals surface area contributed by atoms with Crippen molar-refractivity contribution >= 4 is 0 Å². The van der Waals surface area contributed by atoms with Crippen LogP contribution in [-0.4, -0.2) is 0 Å². The second-order valence-electron chi connectivity index (χ2n) is 7.22. The van der Waals surface area contributed by atoms with Crippen LogP contribution in [0.4, 0.5) is 0 Å². The average Bonchev–Trinajstić information content (AvgIpc) is 2.88. The third-order valence-corrected chi connectivity index (χ3v) is 5.43. The lowest BCUT2D eigenvalue weighted by Crippen LogP contribution is -2.35. The molecule has 0 saturated heterocycles. The fourth-order valence-corrected chi connectivity index (χ4v) is 4.03. The molecule has 0 N–H and O–H groups in total. The molecule has 1 aliphatic rings.